The van der Waals surface area contributed by atoms with Crippen LogP contribution in [0.1, 0.15) is 80.6 Å². The Bertz CT molecular complexity index is 2040. The van der Waals surface area contributed by atoms with Gasteiger partial charge in [0.25, 0.3) is 5.91 Å². The molecule has 57 heavy (non-hydrogen) atoms. The van der Waals surface area contributed by atoms with E-state index in [1.807, 2.05) is 70.2 Å². The van der Waals surface area contributed by atoms with Crippen LogP contribution in [0.3, 0.4) is 0 Å². The van der Waals surface area contributed by atoms with Gasteiger partial charge in [0.2, 0.25) is 21.8 Å². The first kappa shape index (κ1) is 43.2. The number of nitrogens with one attached hydrogen (secondary N) is 3. The van der Waals surface area contributed by atoms with Crippen molar-refractivity contribution in [3.8, 4) is 22.8 Å². The van der Waals surface area contributed by atoms with Crippen molar-refractivity contribution in [3.05, 3.63) is 54.6 Å². The Morgan fingerprint density at radius 3 is 2.30 bits per heavy atom. The van der Waals surface area contributed by atoms with E-state index in [4.69, 9.17) is 19.2 Å². The average molecular weight is 808 g/mol. The molecule has 310 valence electrons. The number of rotatable bonds is 17. The molecule has 3 aromatic rings. The van der Waals surface area contributed by atoms with Gasteiger partial charge in [-0.1, -0.05) is 84.7 Å². The molecule has 4 amide bonds. The number of sulfonamides is 1. The van der Waals surface area contributed by atoms with Crippen LogP contribution in [0, 0.1) is 17.3 Å². The predicted octanol–water partition coefficient (Wildman–Crippen LogP) is 5.59. The Labute approximate surface area is 335 Å². The number of hydrogen-bond donors (Lipinski definition) is 3. The van der Waals surface area contributed by atoms with E-state index in [0.29, 0.717) is 40.9 Å². The lowest BCUT2D eigenvalue weighted by atomic mass is 9.71. The Balaban J connectivity index is 1.53. The SMILES string of the molecule is CCCC(C)C(C)(C)[C@H](NC(=O)C1C[C@@H](Oc2cc(-c3ccccc3)nc3cc(OC)ccc23)CN1C(=O)[C@@H](NC(=O)OCC)C(C)C)C(=O)NS(=O)(=O)C1CC1. The molecule has 0 bridgehead atoms. The molecule has 1 aromatic heterocycles. The normalized spacial score (nSPS) is 18.7. The van der Waals surface area contributed by atoms with E-state index in [-0.39, 0.29) is 25.5 Å². The second-order valence-corrected chi connectivity index (χ2v) is 17.9. The molecule has 3 N–H and O–H groups in total. The summed E-state index contributed by atoms with van der Waals surface area (Å²) >= 11 is 0. The molecule has 2 unspecified atom stereocenters. The van der Waals surface area contributed by atoms with Gasteiger partial charge in [0.1, 0.15) is 35.7 Å². The van der Waals surface area contributed by atoms with Gasteiger partial charge in [-0.15, -0.1) is 0 Å². The summed E-state index contributed by atoms with van der Waals surface area (Å²) < 4.78 is 45.5. The van der Waals surface area contributed by atoms with E-state index in [1.54, 1.807) is 40.0 Å². The van der Waals surface area contributed by atoms with Gasteiger partial charge in [0.15, 0.2) is 0 Å². The van der Waals surface area contributed by atoms with E-state index in [0.717, 1.165) is 18.4 Å². The monoisotopic (exact) mass is 807 g/mol. The largest absolute Gasteiger partial charge is 0.497 e. The zero-order valence-corrected chi connectivity index (χ0v) is 35.0. The van der Waals surface area contributed by atoms with Gasteiger partial charge in [-0.25, -0.2) is 18.2 Å². The first-order valence-electron chi connectivity index (χ1n) is 19.8. The Morgan fingerprint density at radius 2 is 1.68 bits per heavy atom. The maximum atomic E-state index is 14.6. The third-order valence-electron chi connectivity index (χ3n) is 11.2. The fourth-order valence-corrected chi connectivity index (χ4v) is 8.60. The van der Waals surface area contributed by atoms with Crippen molar-refractivity contribution < 1.29 is 41.8 Å². The fraction of sp³-hybridized carbons (Fsp3) is 0.548. The minimum atomic E-state index is -3.94. The fourth-order valence-electron chi connectivity index (χ4n) is 7.28. The maximum Gasteiger partial charge on any atom is 0.407 e. The number of ether oxygens (including phenoxy) is 3. The number of amides is 4. The number of likely N-dealkylation sites (tertiary alicyclic amines) is 1. The molecule has 2 heterocycles. The first-order chi connectivity index (χ1) is 27.0. The van der Waals surface area contributed by atoms with Crippen LogP contribution in [0.4, 0.5) is 4.79 Å². The zero-order chi connectivity index (χ0) is 41.7. The number of carbonyl (C=O) groups excluding carboxylic acids is 4. The third-order valence-corrected chi connectivity index (χ3v) is 13.0. The van der Waals surface area contributed by atoms with E-state index in [9.17, 15) is 27.6 Å². The number of carbonyl (C=O) groups is 4. The van der Waals surface area contributed by atoms with Crippen LogP contribution in [0.25, 0.3) is 22.2 Å². The average Bonchev–Trinajstić information content (AvgIpc) is 3.96. The highest BCUT2D eigenvalue weighted by molar-refractivity contribution is 7.90. The van der Waals surface area contributed by atoms with Gasteiger partial charge in [0.05, 0.1) is 36.7 Å². The van der Waals surface area contributed by atoms with Gasteiger partial charge in [-0.2, -0.15) is 0 Å². The molecule has 1 aliphatic carbocycles. The smallest absolute Gasteiger partial charge is 0.407 e. The number of alkyl carbamates (subject to hydrolysis) is 1. The molecule has 0 radical (unpaired) electrons. The number of hydrogen-bond acceptors (Lipinski definition) is 10. The first-order valence-corrected chi connectivity index (χ1v) is 21.4. The van der Waals surface area contributed by atoms with Crippen LogP contribution in [-0.4, -0.2) is 91.9 Å². The lowest BCUT2D eigenvalue weighted by molar-refractivity contribution is -0.142. The lowest BCUT2D eigenvalue weighted by Crippen LogP contribution is -2.61. The maximum absolute atomic E-state index is 14.6. The molecular weight excluding hydrogens is 751 g/mol. The highest BCUT2D eigenvalue weighted by Crippen LogP contribution is 2.37. The summed E-state index contributed by atoms with van der Waals surface area (Å²) in [6.07, 6.45) is 0.986. The number of methoxy groups -OCH3 is 1. The molecule has 1 saturated carbocycles. The topological polar surface area (TPSA) is 182 Å². The second-order valence-electron chi connectivity index (χ2n) is 16.0. The predicted molar refractivity (Wildman–Crippen MR) is 217 cm³/mol. The van der Waals surface area contributed by atoms with Crippen LogP contribution >= 0.6 is 0 Å². The van der Waals surface area contributed by atoms with Gasteiger partial charge >= 0.3 is 6.09 Å². The molecular formula is C42H57N5O9S. The summed E-state index contributed by atoms with van der Waals surface area (Å²) in [5.41, 5.74) is 1.21. The molecule has 15 heteroatoms. The van der Waals surface area contributed by atoms with Crippen molar-refractivity contribution in [2.45, 2.75) is 110 Å². The van der Waals surface area contributed by atoms with Gasteiger partial charge in [-0.3, -0.25) is 19.1 Å². The number of benzene rings is 2. The Morgan fingerprint density at radius 1 is 0.982 bits per heavy atom. The molecule has 1 saturated heterocycles. The number of aromatic nitrogens is 1. The van der Waals surface area contributed by atoms with Crippen molar-refractivity contribution in [1.82, 2.24) is 25.2 Å². The Hall–Kier alpha value is -4.92. The van der Waals surface area contributed by atoms with Crippen LogP contribution in [-0.2, 0) is 29.1 Å². The van der Waals surface area contributed by atoms with Crippen molar-refractivity contribution in [2.24, 2.45) is 17.3 Å². The highest BCUT2D eigenvalue weighted by Gasteiger charge is 2.48. The minimum absolute atomic E-state index is 0.0299. The quantitative estimate of drug-likeness (QED) is 0.156. The molecule has 2 fully saturated rings. The van der Waals surface area contributed by atoms with Gasteiger partial charge in [0, 0.05) is 29.5 Å². The van der Waals surface area contributed by atoms with E-state index >= 15 is 0 Å². The number of pyridine rings is 1. The molecule has 2 aromatic carbocycles. The summed E-state index contributed by atoms with van der Waals surface area (Å²) in [5.74, 6) is -1.42. The third kappa shape index (κ3) is 10.2. The standard InChI is InChI=1S/C42H57N5O9S/c1-9-14-26(5)42(6,7)37(39(49)46-57(52,53)30-18-19-30)45-38(48)34-22-29(24-47(34)40(50)36(25(3)4)44-41(51)55-10-2)56-35-23-32(27-15-12-11-13-16-27)43-33-21-28(54-8)17-20-31(33)35/h11-13,15-17,20-21,23,25-26,29-30,34,36-37H,9-10,14,18-19,22,24H2,1-8H3,(H,44,51)(H,45,48)(H,46,49)/t26?,29-,34?,36+,37-/m1/s1. The number of nitrogens with zero attached hydrogens (tertiary/aromatic N) is 2. The highest BCUT2D eigenvalue weighted by atomic mass is 32.2. The molecule has 1 aliphatic heterocycles. The summed E-state index contributed by atoms with van der Waals surface area (Å²) in [7, 11) is -2.36. The molecule has 2 aliphatic rings. The minimum Gasteiger partial charge on any atom is -0.497 e. The molecule has 5 atom stereocenters. The lowest BCUT2D eigenvalue weighted by Gasteiger charge is -2.39. The van der Waals surface area contributed by atoms with Crippen LogP contribution in [0.2, 0.25) is 0 Å². The van der Waals surface area contributed by atoms with E-state index < -0.39 is 74.7 Å². The van der Waals surface area contributed by atoms with Crippen molar-refractivity contribution in [3.63, 3.8) is 0 Å². The summed E-state index contributed by atoms with van der Waals surface area (Å²) in [5, 5.41) is 5.58. The van der Waals surface area contributed by atoms with Gasteiger partial charge < -0.3 is 29.7 Å². The van der Waals surface area contributed by atoms with Crippen molar-refractivity contribution in [2.75, 3.05) is 20.3 Å². The molecule has 14 nitrogen and oxygen atoms in total. The van der Waals surface area contributed by atoms with Crippen LogP contribution < -0.4 is 24.8 Å². The van der Waals surface area contributed by atoms with E-state index in [2.05, 4.69) is 15.4 Å². The van der Waals surface area contributed by atoms with Crippen LogP contribution in [0.15, 0.2) is 54.6 Å². The van der Waals surface area contributed by atoms with Gasteiger partial charge in [-0.05, 0) is 49.1 Å². The Kier molecular flexibility index (Phi) is 13.7. The second kappa shape index (κ2) is 18.1. The zero-order valence-electron chi connectivity index (χ0n) is 34.2. The summed E-state index contributed by atoms with van der Waals surface area (Å²) in [6.45, 7) is 12.9. The molecule has 0 spiro atoms. The number of fused-ring (bicyclic) bond motifs is 1. The molecule has 5 rings (SSSR count). The summed E-state index contributed by atoms with van der Waals surface area (Å²) in [4.78, 5) is 61.9. The van der Waals surface area contributed by atoms with Crippen LogP contribution in [0.5, 0.6) is 11.5 Å². The summed E-state index contributed by atoms with van der Waals surface area (Å²) in [6, 6.07) is 13.4. The van der Waals surface area contributed by atoms with Crippen molar-refractivity contribution in [1.29, 1.82) is 0 Å². The van der Waals surface area contributed by atoms with Crippen molar-refractivity contribution >= 4 is 44.7 Å². The van der Waals surface area contributed by atoms with E-state index in [1.165, 1.54) is 4.90 Å².